The molecule has 1 aliphatic heterocycles. The number of rotatable bonds is 7. The molecule has 1 aliphatic carbocycles. The number of aromatic amines is 1. The number of nitrogen functional groups attached to an aromatic ring is 1. The van der Waals surface area contributed by atoms with Gasteiger partial charge in [-0.3, -0.25) is 4.79 Å². The molecule has 234 valence electrons. The Morgan fingerprint density at radius 1 is 1.13 bits per heavy atom. The molecule has 2 atom stereocenters. The number of anilines is 1. The summed E-state index contributed by atoms with van der Waals surface area (Å²) in [6, 6.07) is 10.8. The van der Waals surface area contributed by atoms with E-state index < -0.39 is 17.8 Å². The van der Waals surface area contributed by atoms with Gasteiger partial charge in [0.2, 0.25) is 11.6 Å². The lowest BCUT2D eigenvalue weighted by Crippen LogP contribution is -2.31. The maximum atomic E-state index is 15.3. The van der Waals surface area contributed by atoms with E-state index in [0.717, 1.165) is 49.6 Å². The van der Waals surface area contributed by atoms with Crippen LogP contribution in [0.15, 0.2) is 60.3 Å². The van der Waals surface area contributed by atoms with Crippen LogP contribution in [0.4, 0.5) is 19.0 Å². The Labute approximate surface area is 260 Å². The molecule has 2 unspecified atom stereocenters. The second kappa shape index (κ2) is 12.4. The van der Waals surface area contributed by atoms with Crippen molar-refractivity contribution in [1.29, 1.82) is 0 Å². The summed E-state index contributed by atoms with van der Waals surface area (Å²) in [6.07, 6.45) is 8.24. The minimum atomic E-state index is -1.18. The van der Waals surface area contributed by atoms with Crippen LogP contribution >= 0.6 is 0 Å². The number of halogens is 3. The summed E-state index contributed by atoms with van der Waals surface area (Å²) in [7, 11) is 0. The maximum Gasteiger partial charge on any atom is 0.214 e. The monoisotopic (exact) mass is 615 g/mol. The quantitative estimate of drug-likeness (QED) is 0.209. The van der Waals surface area contributed by atoms with Gasteiger partial charge >= 0.3 is 0 Å². The van der Waals surface area contributed by atoms with Crippen LogP contribution in [0.3, 0.4) is 0 Å². The van der Waals surface area contributed by atoms with Crippen molar-refractivity contribution in [3.63, 3.8) is 0 Å². The van der Waals surface area contributed by atoms with Crippen LogP contribution in [-0.4, -0.2) is 50.8 Å². The van der Waals surface area contributed by atoms with Crippen molar-refractivity contribution in [2.45, 2.75) is 52.2 Å². The van der Waals surface area contributed by atoms with Gasteiger partial charge in [-0.15, -0.1) is 0 Å². The van der Waals surface area contributed by atoms with Crippen molar-refractivity contribution in [3.05, 3.63) is 100 Å². The number of hydrogen-bond acceptors (Lipinski definition) is 5. The number of H-pyrrole nitrogens is 1. The Bertz CT molecular complexity index is 1800. The molecule has 1 saturated heterocycles. The molecule has 0 spiro atoms. The zero-order chi connectivity index (χ0) is 31.8. The van der Waals surface area contributed by atoms with E-state index in [1.807, 2.05) is 6.08 Å². The van der Waals surface area contributed by atoms with Gasteiger partial charge in [-0.25, -0.2) is 13.5 Å². The topological polar surface area (TPSA) is 89.2 Å². The number of alkyl halides is 1. The molecule has 4 aromatic rings. The molecule has 0 amide bonds. The number of carbonyl (C=O) groups is 1. The van der Waals surface area contributed by atoms with Crippen LogP contribution in [-0.2, 0) is 0 Å². The fraction of sp³-hybridized carbons (Fsp3) is 0.314. The van der Waals surface area contributed by atoms with Gasteiger partial charge in [-0.05, 0) is 119 Å². The van der Waals surface area contributed by atoms with Crippen molar-refractivity contribution >= 4 is 23.8 Å². The van der Waals surface area contributed by atoms with E-state index in [-0.39, 0.29) is 28.8 Å². The fourth-order valence-corrected chi connectivity index (χ4v) is 6.22. The van der Waals surface area contributed by atoms with E-state index in [9.17, 15) is 13.6 Å². The predicted molar refractivity (Wildman–Crippen MR) is 169 cm³/mol. The van der Waals surface area contributed by atoms with Crippen molar-refractivity contribution < 1.29 is 22.7 Å². The van der Waals surface area contributed by atoms with Gasteiger partial charge < -0.3 is 20.4 Å². The fourth-order valence-electron chi connectivity index (χ4n) is 6.22. The van der Waals surface area contributed by atoms with Crippen LogP contribution < -0.4 is 10.5 Å². The summed E-state index contributed by atoms with van der Waals surface area (Å²) in [5, 5.41) is 4.37. The van der Waals surface area contributed by atoms with Gasteiger partial charge in [0.15, 0.2) is 11.6 Å². The highest BCUT2D eigenvalue weighted by atomic mass is 19.2. The summed E-state index contributed by atoms with van der Waals surface area (Å²) in [6.45, 7) is 8.13. The van der Waals surface area contributed by atoms with Gasteiger partial charge in [-0.1, -0.05) is 12.1 Å². The molecule has 0 radical (unpaired) electrons. The maximum absolute atomic E-state index is 15.3. The second-order valence-corrected chi connectivity index (χ2v) is 12.0. The number of ketones is 1. The Balaban J connectivity index is 1.23. The van der Waals surface area contributed by atoms with Gasteiger partial charge in [0.1, 0.15) is 17.7 Å². The van der Waals surface area contributed by atoms with Crippen LogP contribution in [0, 0.1) is 24.5 Å². The molecule has 1 fully saturated rings. The van der Waals surface area contributed by atoms with E-state index in [0.29, 0.717) is 34.4 Å². The van der Waals surface area contributed by atoms with Gasteiger partial charge in [0, 0.05) is 17.3 Å². The highest BCUT2D eigenvalue weighted by Gasteiger charge is 2.28. The molecule has 3 heterocycles. The molecule has 2 aliphatic rings. The average molecular weight is 616 g/mol. The smallest absolute Gasteiger partial charge is 0.214 e. The molecule has 0 saturated carbocycles. The Hall–Kier alpha value is -4.57. The third kappa shape index (κ3) is 6.07. The first kappa shape index (κ1) is 30.5. The van der Waals surface area contributed by atoms with Gasteiger partial charge in [-0.2, -0.15) is 9.49 Å². The molecular formula is C35H36F3N5O2. The number of nitrogens with one attached hydrogen (secondary N) is 1. The van der Waals surface area contributed by atoms with E-state index >= 15 is 4.39 Å². The molecule has 6 rings (SSSR count). The first-order chi connectivity index (χ1) is 21.6. The zero-order valence-corrected chi connectivity index (χ0v) is 25.5. The molecular weight excluding hydrogens is 579 g/mol. The van der Waals surface area contributed by atoms with E-state index in [1.165, 1.54) is 23.0 Å². The Kier molecular flexibility index (Phi) is 8.42. The molecule has 10 heteroatoms. The number of likely N-dealkylation sites (tertiary alicyclic amines) is 1. The molecule has 45 heavy (non-hydrogen) atoms. The largest absolute Gasteiger partial charge is 0.454 e. The highest BCUT2D eigenvalue weighted by Crippen LogP contribution is 2.35. The number of nitrogens with zero attached hydrogens (tertiary/aromatic N) is 3. The molecule has 2 aromatic heterocycles. The average Bonchev–Trinajstić information content (AvgIpc) is 3.44. The predicted octanol–water partition coefficient (Wildman–Crippen LogP) is 7.65. The number of nitrogens with two attached hydrogens (primary N) is 1. The zero-order valence-electron chi connectivity index (χ0n) is 25.5. The minimum Gasteiger partial charge on any atom is -0.454 e. The standard InChI is InChI=1S/C35H36F3N5O2/c1-20(2)42-14-5-6-22(13-15-42)25-17-23-18-30(41-29(23)11-10-27(25)36)34(44)26-19-40-43(35(26)39)31-12-9-24(16-21(31)3)45-32-8-4-7-28(37)33(32)38/h4,7-12,16-20,22,27,41H,5-6,13-15,39H2,1-3H3. The number of aryl methyl sites for hydroxylation is 1. The Morgan fingerprint density at radius 3 is 2.73 bits per heavy atom. The number of allylic oxidation sites excluding steroid dienone is 2. The molecule has 3 N–H and O–H groups in total. The summed E-state index contributed by atoms with van der Waals surface area (Å²) in [4.78, 5) is 19.2. The minimum absolute atomic E-state index is 0.134. The number of ether oxygens (including phenoxy) is 1. The third-order valence-electron chi connectivity index (χ3n) is 8.75. The number of hydrogen-bond donors (Lipinski definition) is 2. The normalized spacial score (nSPS) is 18.8. The third-order valence-corrected chi connectivity index (χ3v) is 8.75. The van der Waals surface area contributed by atoms with Crippen molar-refractivity contribution in [1.82, 2.24) is 19.7 Å². The van der Waals surface area contributed by atoms with E-state index in [2.05, 4.69) is 28.8 Å². The van der Waals surface area contributed by atoms with Crippen molar-refractivity contribution in [2.75, 3.05) is 18.8 Å². The van der Waals surface area contributed by atoms with E-state index in [4.69, 9.17) is 10.5 Å². The van der Waals surface area contributed by atoms with Gasteiger partial charge in [0.05, 0.1) is 23.1 Å². The number of aromatic nitrogens is 3. The van der Waals surface area contributed by atoms with Crippen LogP contribution in [0.5, 0.6) is 11.5 Å². The summed E-state index contributed by atoms with van der Waals surface area (Å²) >= 11 is 0. The van der Waals surface area contributed by atoms with Crippen LogP contribution in [0.1, 0.15) is 66.0 Å². The lowest BCUT2D eigenvalue weighted by atomic mass is 9.88. The lowest BCUT2D eigenvalue weighted by molar-refractivity contribution is 0.103. The first-order valence-corrected chi connectivity index (χ1v) is 15.2. The number of benzene rings is 2. The SMILES string of the molecule is Cc1cc(Oc2cccc(F)c2F)ccc1-n1ncc(C(=O)c2cc3c([nH]2)C=CC(F)C(C2CCCN(C(C)C)CC2)=C3)c1N. The molecule has 0 bridgehead atoms. The first-order valence-electron chi connectivity index (χ1n) is 15.2. The van der Waals surface area contributed by atoms with Gasteiger partial charge in [0.25, 0.3) is 0 Å². The Morgan fingerprint density at radius 2 is 1.96 bits per heavy atom. The molecule has 7 nitrogen and oxygen atoms in total. The van der Waals surface area contributed by atoms with Crippen LogP contribution in [0.25, 0.3) is 17.8 Å². The highest BCUT2D eigenvalue weighted by molar-refractivity contribution is 6.11. The van der Waals surface area contributed by atoms with Crippen LogP contribution in [0.2, 0.25) is 0 Å². The lowest BCUT2D eigenvalue weighted by Gasteiger charge is -2.25. The second-order valence-electron chi connectivity index (χ2n) is 12.0. The summed E-state index contributed by atoms with van der Waals surface area (Å²) in [5.41, 5.74) is 10.4. The number of fused-ring (bicyclic) bond motifs is 1. The summed E-state index contributed by atoms with van der Waals surface area (Å²) in [5.74, 6) is -2.08. The molecule has 2 aromatic carbocycles. The summed E-state index contributed by atoms with van der Waals surface area (Å²) < 4.78 is 50.0. The number of carbonyl (C=O) groups excluding carboxylic acids is 1. The van der Waals surface area contributed by atoms with Crippen molar-refractivity contribution in [2.24, 2.45) is 5.92 Å². The van der Waals surface area contributed by atoms with E-state index in [1.54, 1.807) is 43.3 Å². The van der Waals surface area contributed by atoms with Crippen molar-refractivity contribution in [3.8, 4) is 17.2 Å².